The minimum atomic E-state index is -0.785. The topological polar surface area (TPSA) is 97.4 Å². The van der Waals surface area contributed by atoms with Gasteiger partial charge in [-0.25, -0.2) is 14.4 Å². The molecular weight excluding hydrogens is 524 g/mol. The third-order valence-electron chi connectivity index (χ3n) is 6.81. The van der Waals surface area contributed by atoms with E-state index in [4.69, 9.17) is 23.7 Å². The summed E-state index contributed by atoms with van der Waals surface area (Å²) in [5.74, 6) is -1.24. The Morgan fingerprint density at radius 2 is 1.46 bits per heavy atom. The molecule has 0 spiro atoms. The van der Waals surface area contributed by atoms with Crippen LogP contribution in [-0.2, 0) is 28.5 Å². The molecule has 0 amide bonds. The number of benzene rings is 2. The first kappa shape index (κ1) is 32.0. The summed E-state index contributed by atoms with van der Waals surface area (Å²) in [6.07, 6.45) is 6.58. The van der Waals surface area contributed by atoms with Gasteiger partial charge in [0.15, 0.2) is 12.4 Å². The van der Waals surface area contributed by atoms with Gasteiger partial charge in [0.1, 0.15) is 6.10 Å². The highest BCUT2D eigenvalue weighted by atomic mass is 16.7. The van der Waals surface area contributed by atoms with Gasteiger partial charge >= 0.3 is 17.9 Å². The van der Waals surface area contributed by atoms with Crippen molar-refractivity contribution in [2.24, 2.45) is 0 Å². The number of carbonyl (C=O) groups is 3. The predicted molar refractivity (Wildman–Crippen MR) is 154 cm³/mol. The van der Waals surface area contributed by atoms with E-state index in [1.807, 2.05) is 32.1 Å². The van der Waals surface area contributed by atoms with E-state index in [9.17, 15) is 14.4 Å². The first-order valence-electron chi connectivity index (χ1n) is 14.5. The van der Waals surface area contributed by atoms with Crippen LogP contribution in [0.25, 0.3) is 0 Å². The summed E-state index contributed by atoms with van der Waals surface area (Å²) < 4.78 is 28.9. The molecule has 222 valence electrons. The molecule has 41 heavy (non-hydrogen) atoms. The molecule has 0 saturated carbocycles. The van der Waals surface area contributed by atoms with Gasteiger partial charge in [-0.1, -0.05) is 61.7 Å². The van der Waals surface area contributed by atoms with E-state index in [2.05, 4.69) is 0 Å². The summed E-state index contributed by atoms with van der Waals surface area (Å²) in [5, 5.41) is 0. The Bertz CT molecular complexity index is 1100. The van der Waals surface area contributed by atoms with E-state index in [-0.39, 0.29) is 18.5 Å². The molecule has 2 aromatic rings. The maximum atomic E-state index is 12.9. The number of allylic oxidation sites excluding steroid dienone is 1. The van der Waals surface area contributed by atoms with Crippen LogP contribution in [0.15, 0.2) is 72.8 Å². The van der Waals surface area contributed by atoms with Crippen LogP contribution in [-0.4, -0.2) is 55.2 Å². The maximum Gasteiger partial charge on any atom is 0.338 e. The van der Waals surface area contributed by atoms with E-state index >= 15 is 0 Å². The van der Waals surface area contributed by atoms with Crippen molar-refractivity contribution in [2.45, 2.75) is 96.4 Å². The van der Waals surface area contributed by atoms with Crippen molar-refractivity contribution in [1.29, 1.82) is 0 Å². The van der Waals surface area contributed by atoms with Gasteiger partial charge in [-0.05, 0) is 64.3 Å². The summed E-state index contributed by atoms with van der Waals surface area (Å²) in [6.45, 7) is 5.98. The summed E-state index contributed by atoms with van der Waals surface area (Å²) in [6, 6.07) is 17.5. The molecule has 8 heteroatoms. The number of hydrogen-bond acceptors (Lipinski definition) is 8. The van der Waals surface area contributed by atoms with Gasteiger partial charge in [-0.3, -0.25) is 0 Å². The second-order valence-electron chi connectivity index (χ2n) is 10.2. The van der Waals surface area contributed by atoms with Crippen LogP contribution >= 0.6 is 0 Å². The standard InChI is InChI=1S/C33H42O8/c1-4-37-30(34)22-16-8-6-5-7-11-17-24(2)38-33-29(41-32(36)27-20-14-10-15-21-27)23-28(25(3)39-33)40-31(35)26-18-12-9-13-19-26/h9-10,12-16,18-22,24-25,28-29,33H,4-8,11,17,23H2,1-3H3/b22-16+/t24-,25?,28-,29+,33?/m1/s1. The smallest absolute Gasteiger partial charge is 0.338 e. The number of esters is 3. The van der Waals surface area contributed by atoms with Gasteiger partial charge in [-0.15, -0.1) is 0 Å². The number of hydrogen-bond donors (Lipinski definition) is 0. The Balaban J connectivity index is 1.52. The Morgan fingerprint density at radius 3 is 2.07 bits per heavy atom. The molecule has 1 heterocycles. The van der Waals surface area contributed by atoms with Crippen LogP contribution in [0.4, 0.5) is 0 Å². The molecule has 8 nitrogen and oxygen atoms in total. The SMILES string of the molecule is CCOC(=O)/C=C/CCCCCC[C@@H](C)OC1OC(C)[C@H](OC(=O)c2ccccc2)C[C@@H]1OC(=O)c1ccccc1. The molecule has 3 rings (SSSR count). The molecule has 0 bridgehead atoms. The van der Waals surface area contributed by atoms with Crippen LogP contribution in [0.5, 0.6) is 0 Å². The highest BCUT2D eigenvalue weighted by molar-refractivity contribution is 5.90. The van der Waals surface area contributed by atoms with E-state index in [1.165, 1.54) is 6.08 Å². The molecule has 1 aliphatic heterocycles. The van der Waals surface area contributed by atoms with Gasteiger partial charge in [0.2, 0.25) is 0 Å². The van der Waals surface area contributed by atoms with Crippen molar-refractivity contribution < 1.29 is 38.1 Å². The van der Waals surface area contributed by atoms with Gasteiger partial charge in [0.25, 0.3) is 0 Å². The molecule has 1 aliphatic rings. The zero-order chi connectivity index (χ0) is 29.5. The average molecular weight is 567 g/mol. The van der Waals surface area contributed by atoms with Crippen molar-refractivity contribution >= 4 is 17.9 Å². The zero-order valence-corrected chi connectivity index (χ0v) is 24.2. The number of unbranched alkanes of at least 4 members (excludes halogenated alkanes) is 4. The van der Waals surface area contributed by atoms with Crippen molar-refractivity contribution in [2.75, 3.05) is 6.61 Å². The van der Waals surface area contributed by atoms with Crippen molar-refractivity contribution in [3.05, 3.63) is 83.9 Å². The fourth-order valence-corrected chi connectivity index (χ4v) is 4.56. The fourth-order valence-electron chi connectivity index (χ4n) is 4.56. The molecule has 1 fully saturated rings. The molecule has 2 aromatic carbocycles. The largest absolute Gasteiger partial charge is 0.463 e. The lowest BCUT2D eigenvalue weighted by Crippen LogP contribution is -2.51. The molecule has 5 atom stereocenters. The first-order valence-corrected chi connectivity index (χ1v) is 14.5. The zero-order valence-electron chi connectivity index (χ0n) is 24.2. The Labute approximate surface area is 243 Å². The quantitative estimate of drug-likeness (QED) is 0.105. The third-order valence-corrected chi connectivity index (χ3v) is 6.81. The molecule has 2 unspecified atom stereocenters. The minimum absolute atomic E-state index is 0.128. The van der Waals surface area contributed by atoms with Gasteiger partial charge < -0.3 is 23.7 Å². The van der Waals surface area contributed by atoms with E-state index in [1.54, 1.807) is 55.5 Å². The van der Waals surface area contributed by atoms with E-state index < -0.39 is 36.5 Å². The molecule has 1 saturated heterocycles. The Morgan fingerprint density at radius 1 is 0.878 bits per heavy atom. The van der Waals surface area contributed by atoms with Crippen LogP contribution in [0.1, 0.15) is 86.4 Å². The van der Waals surface area contributed by atoms with Crippen LogP contribution in [0, 0.1) is 0 Å². The molecule has 0 aromatic heterocycles. The summed E-state index contributed by atoms with van der Waals surface area (Å²) in [4.78, 5) is 36.9. The van der Waals surface area contributed by atoms with E-state index in [0.29, 0.717) is 17.7 Å². The molecular formula is C33H42O8. The Kier molecular flexibility index (Phi) is 13.6. The van der Waals surface area contributed by atoms with Gasteiger partial charge in [0.05, 0.1) is 29.9 Å². The van der Waals surface area contributed by atoms with Crippen molar-refractivity contribution in [3.63, 3.8) is 0 Å². The average Bonchev–Trinajstić information content (AvgIpc) is 2.97. The first-order chi connectivity index (χ1) is 19.9. The summed E-state index contributed by atoms with van der Waals surface area (Å²) >= 11 is 0. The second kappa shape index (κ2) is 17.4. The summed E-state index contributed by atoms with van der Waals surface area (Å²) in [5.41, 5.74) is 0.868. The van der Waals surface area contributed by atoms with Crippen LogP contribution < -0.4 is 0 Å². The highest BCUT2D eigenvalue weighted by Crippen LogP contribution is 2.29. The Hall–Kier alpha value is -3.49. The lowest BCUT2D eigenvalue weighted by Gasteiger charge is -2.39. The monoisotopic (exact) mass is 566 g/mol. The van der Waals surface area contributed by atoms with Crippen LogP contribution in [0.3, 0.4) is 0 Å². The van der Waals surface area contributed by atoms with Gasteiger partial charge in [-0.2, -0.15) is 0 Å². The molecule has 0 radical (unpaired) electrons. The van der Waals surface area contributed by atoms with Crippen LogP contribution in [0.2, 0.25) is 0 Å². The lowest BCUT2D eigenvalue weighted by molar-refractivity contribution is -0.272. The number of carbonyl (C=O) groups excluding carboxylic acids is 3. The van der Waals surface area contributed by atoms with Gasteiger partial charge in [0, 0.05) is 12.5 Å². The minimum Gasteiger partial charge on any atom is -0.463 e. The van der Waals surface area contributed by atoms with E-state index in [0.717, 1.165) is 38.5 Å². The second-order valence-corrected chi connectivity index (χ2v) is 10.2. The number of ether oxygens (including phenoxy) is 5. The maximum absolute atomic E-state index is 12.9. The molecule has 0 N–H and O–H groups in total. The third kappa shape index (κ3) is 11.1. The normalized spacial score (nSPS) is 21.2. The number of rotatable bonds is 15. The predicted octanol–water partition coefficient (Wildman–Crippen LogP) is 6.44. The van der Waals surface area contributed by atoms with Crippen molar-refractivity contribution in [1.82, 2.24) is 0 Å². The van der Waals surface area contributed by atoms with Crippen molar-refractivity contribution in [3.8, 4) is 0 Å². The molecule has 0 aliphatic carbocycles. The highest BCUT2D eigenvalue weighted by Gasteiger charge is 2.41. The summed E-state index contributed by atoms with van der Waals surface area (Å²) in [7, 11) is 0. The fraction of sp³-hybridized carbons (Fsp3) is 0.485. The lowest BCUT2D eigenvalue weighted by atomic mass is 10.0.